The minimum Gasteiger partial charge on any atom is -0.340 e. The Morgan fingerprint density at radius 3 is 2.15 bits per heavy atom. The van der Waals surface area contributed by atoms with Crippen molar-refractivity contribution in [1.29, 1.82) is 0 Å². The average Bonchev–Trinajstić information content (AvgIpc) is 3.39. The number of nitrogens with zero attached hydrogens (tertiary/aromatic N) is 3. The van der Waals surface area contributed by atoms with Gasteiger partial charge in [-0.15, -0.1) is 0 Å². The minimum atomic E-state index is -4.50. The Bertz CT molecular complexity index is 1080. The third kappa shape index (κ3) is 6.32. The molecule has 12 heteroatoms. The lowest BCUT2D eigenvalue weighted by Gasteiger charge is -2.18. The van der Waals surface area contributed by atoms with Crippen molar-refractivity contribution >= 4 is 15.9 Å². The Morgan fingerprint density at radius 1 is 1.06 bits per heavy atom. The van der Waals surface area contributed by atoms with Crippen molar-refractivity contribution in [2.45, 2.75) is 50.9 Å². The number of rotatable bonds is 3. The topological polar surface area (TPSA) is 98.3 Å². The van der Waals surface area contributed by atoms with Crippen molar-refractivity contribution < 1.29 is 30.8 Å². The number of primary sulfonamides is 1. The lowest BCUT2D eigenvalue weighted by atomic mass is 9.95. The highest BCUT2D eigenvalue weighted by atomic mass is 32.2. The summed E-state index contributed by atoms with van der Waals surface area (Å²) in [6, 6.07) is 5.97. The number of carbonyl (C=O) groups excluding carboxylic acids is 1. The van der Waals surface area contributed by atoms with Crippen molar-refractivity contribution in [2.75, 3.05) is 19.3 Å². The molecule has 0 saturated carbocycles. The van der Waals surface area contributed by atoms with Gasteiger partial charge in [-0.1, -0.05) is 12.1 Å². The third-order valence-corrected chi connectivity index (χ3v) is 5.51. The van der Waals surface area contributed by atoms with Gasteiger partial charge in [0.15, 0.2) is 5.69 Å². The van der Waals surface area contributed by atoms with Gasteiger partial charge in [-0.3, -0.25) is 4.79 Å². The molecule has 1 fully saturated rings. The highest BCUT2D eigenvalue weighted by Gasteiger charge is 2.39. The van der Waals surface area contributed by atoms with Crippen molar-refractivity contribution in [3.8, 4) is 5.69 Å². The molecule has 4 rings (SSSR count). The fraction of sp³-hybridized carbons (Fsp3) is 0.524. The van der Waals surface area contributed by atoms with Gasteiger partial charge in [-0.2, -0.15) is 18.3 Å². The Balaban J connectivity index is 0.000000555. The summed E-state index contributed by atoms with van der Waals surface area (Å²) in [6.07, 6.45) is -1.16. The molecule has 0 spiro atoms. The van der Waals surface area contributed by atoms with Gasteiger partial charge in [0.25, 0.3) is 5.91 Å². The summed E-state index contributed by atoms with van der Waals surface area (Å²) in [6.45, 7) is 1.13. The van der Waals surface area contributed by atoms with Crippen LogP contribution >= 0.6 is 0 Å². The van der Waals surface area contributed by atoms with E-state index >= 15 is 0 Å². The van der Waals surface area contributed by atoms with E-state index in [0.717, 1.165) is 25.5 Å². The summed E-state index contributed by atoms with van der Waals surface area (Å²) in [4.78, 5) is 13.7. The second-order valence-electron chi connectivity index (χ2n) is 8.21. The highest BCUT2D eigenvalue weighted by molar-refractivity contribution is 7.88. The molecule has 182 valence electrons. The van der Waals surface area contributed by atoms with Gasteiger partial charge >= 0.3 is 6.18 Å². The average molecular weight is 491 g/mol. The van der Waals surface area contributed by atoms with Crippen LogP contribution in [0.25, 0.3) is 5.69 Å². The molecular formula is C21H26F4N4O3S. The molecule has 2 aromatic rings. The number of amides is 1. The van der Waals surface area contributed by atoms with Crippen LogP contribution in [0.15, 0.2) is 24.3 Å². The zero-order chi connectivity index (χ0) is 24.4. The molecule has 2 aliphatic rings. The number of sulfonamides is 1. The number of benzene rings is 1. The highest BCUT2D eigenvalue weighted by Crippen LogP contribution is 2.37. The summed E-state index contributed by atoms with van der Waals surface area (Å²) >= 11 is 0. The number of fused-ring (bicyclic) bond motifs is 1. The van der Waals surface area contributed by atoms with Crippen LogP contribution in [0.4, 0.5) is 17.6 Å². The number of alkyl halides is 4. The second kappa shape index (κ2) is 9.80. The van der Waals surface area contributed by atoms with Crippen LogP contribution in [0.5, 0.6) is 0 Å². The maximum atomic E-state index is 14.6. The first-order chi connectivity index (χ1) is 15.4. The van der Waals surface area contributed by atoms with Gasteiger partial charge in [0.2, 0.25) is 16.2 Å². The van der Waals surface area contributed by atoms with Gasteiger partial charge < -0.3 is 4.90 Å². The van der Waals surface area contributed by atoms with Crippen LogP contribution < -0.4 is 5.14 Å². The molecule has 1 aliphatic carbocycles. The quantitative estimate of drug-likeness (QED) is 0.668. The fourth-order valence-corrected chi connectivity index (χ4v) is 4.07. The largest absolute Gasteiger partial charge is 0.435 e. The number of likely N-dealkylation sites (tertiary alicyclic amines) is 1. The Kier molecular flexibility index (Phi) is 7.47. The van der Waals surface area contributed by atoms with E-state index in [1.165, 1.54) is 33.8 Å². The molecule has 1 atom stereocenters. The minimum absolute atomic E-state index is 0.206. The maximum absolute atomic E-state index is 14.6. The van der Waals surface area contributed by atoms with Crippen LogP contribution in [0.1, 0.15) is 54.4 Å². The van der Waals surface area contributed by atoms with E-state index in [0.29, 0.717) is 43.7 Å². The smallest absolute Gasteiger partial charge is 0.340 e. The molecule has 1 saturated heterocycles. The Morgan fingerprint density at radius 2 is 1.61 bits per heavy atom. The lowest BCUT2D eigenvalue weighted by Crippen LogP contribution is -2.31. The van der Waals surface area contributed by atoms with Crippen molar-refractivity contribution in [3.05, 3.63) is 46.8 Å². The van der Waals surface area contributed by atoms with E-state index in [1.807, 2.05) is 0 Å². The molecule has 1 aliphatic heterocycles. The van der Waals surface area contributed by atoms with Crippen molar-refractivity contribution in [2.24, 2.45) is 5.14 Å². The number of aromatic nitrogens is 2. The summed E-state index contributed by atoms with van der Waals surface area (Å²) in [5.41, 5.74) is 0.640. The zero-order valence-electron chi connectivity index (χ0n) is 18.1. The number of carbonyl (C=O) groups is 1. The van der Waals surface area contributed by atoms with Crippen molar-refractivity contribution in [1.82, 2.24) is 14.7 Å². The van der Waals surface area contributed by atoms with Gasteiger partial charge in [-0.05, 0) is 56.2 Å². The number of nitrogens with two attached hydrogens (primary N) is 1. The predicted molar refractivity (Wildman–Crippen MR) is 114 cm³/mol. The van der Waals surface area contributed by atoms with E-state index in [9.17, 15) is 30.8 Å². The Labute approximate surface area is 189 Å². The van der Waals surface area contributed by atoms with E-state index in [2.05, 4.69) is 10.2 Å². The van der Waals surface area contributed by atoms with Crippen LogP contribution in [0.3, 0.4) is 0 Å². The fourth-order valence-electron chi connectivity index (χ4n) is 4.07. The summed E-state index contributed by atoms with van der Waals surface area (Å²) in [5, 5.41) is 8.16. The normalized spacial score (nSPS) is 17.2. The van der Waals surface area contributed by atoms with Gasteiger partial charge in [0.1, 0.15) is 0 Å². The molecule has 2 heterocycles. The van der Waals surface area contributed by atoms with E-state index < -0.39 is 34.0 Å². The number of halogens is 4. The van der Waals surface area contributed by atoms with Gasteiger partial charge in [0, 0.05) is 24.3 Å². The molecular weight excluding hydrogens is 464 g/mol. The first-order valence-corrected chi connectivity index (χ1v) is 12.5. The summed E-state index contributed by atoms with van der Waals surface area (Å²) < 4.78 is 74.8. The molecule has 1 amide bonds. The molecule has 1 unspecified atom stereocenters. The van der Waals surface area contributed by atoms with Gasteiger partial charge in [0.05, 0.1) is 11.9 Å². The third-order valence-electron chi connectivity index (χ3n) is 5.51. The molecule has 1 aromatic heterocycles. The van der Waals surface area contributed by atoms with E-state index in [-0.39, 0.29) is 11.1 Å². The first-order valence-electron chi connectivity index (χ1n) is 10.5. The van der Waals surface area contributed by atoms with E-state index in [4.69, 9.17) is 0 Å². The summed E-state index contributed by atoms with van der Waals surface area (Å²) in [5.74, 6) is -0.555. The van der Waals surface area contributed by atoms with Crippen LogP contribution in [-0.4, -0.2) is 48.4 Å². The van der Waals surface area contributed by atoms with Crippen LogP contribution in [0.2, 0.25) is 0 Å². The second-order valence-corrected chi connectivity index (χ2v) is 9.87. The molecule has 33 heavy (non-hydrogen) atoms. The first kappa shape index (κ1) is 25.2. The molecule has 0 bridgehead atoms. The van der Waals surface area contributed by atoms with Gasteiger partial charge in [-0.25, -0.2) is 22.6 Å². The van der Waals surface area contributed by atoms with Crippen LogP contribution in [0, 0.1) is 0 Å². The molecule has 7 nitrogen and oxygen atoms in total. The Hall–Kier alpha value is -2.47. The molecule has 0 radical (unpaired) electrons. The maximum Gasteiger partial charge on any atom is 0.435 e. The molecule has 1 aromatic carbocycles. The molecule has 2 N–H and O–H groups in total. The van der Waals surface area contributed by atoms with Crippen molar-refractivity contribution in [3.63, 3.8) is 0 Å². The lowest BCUT2D eigenvalue weighted by molar-refractivity contribution is -0.142. The van der Waals surface area contributed by atoms with E-state index in [1.54, 1.807) is 0 Å². The predicted octanol–water partition coefficient (Wildman–Crippen LogP) is 3.31. The number of hydrogen-bond donors (Lipinski definition) is 1. The number of hydrogen-bond acceptors (Lipinski definition) is 4. The SMILES string of the molecule is CS(N)(=O)=O.O=C(C(F)c1ccc(-n2nc(C(F)(F)F)c3c2CCCC3)cc1)N1CCCC1. The zero-order valence-corrected chi connectivity index (χ0v) is 18.9. The standard InChI is InChI=1S/C20H21F4N3O.CH5NO2S/c21-17(19(28)26-11-3-4-12-26)13-7-9-14(10-8-13)27-16-6-2-1-5-15(16)18(25-27)20(22,23)24;1-5(2,3)4/h7-10,17H,1-6,11-12H2;1H3,(H2,2,3,4). The van der Waals surface area contributed by atoms with Crippen LogP contribution in [-0.2, 0) is 33.8 Å². The summed E-state index contributed by atoms with van der Waals surface area (Å²) in [7, 11) is -3.17. The monoisotopic (exact) mass is 490 g/mol.